The Hall–Kier alpha value is -4.91. The molecule has 224 valence electrons. The lowest BCUT2D eigenvalue weighted by Crippen LogP contribution is -2.25. The SMILES string of the molecule is CN(c1cc2oc(-c3ccc(F)cc3)c(C(=O)CN)c2cc1-c1ccc(CO)c(-c2nc3c(F)cccc3o2)c1)S(C)(=O)=O. The van der Waals surface area contributed by atoms with Gasteiger partial charge in [0.25, 0.3) is 0 Å². The number of para-hydroxylation sites is 1. The molecule has 0 atom stereocenters. The molecular formula is C32H25F2N3O6S. The topological polar surface area (TPSA) is 140 Å². The van der Waals surface area contributed by atoms with E-state index in [1.54, 1.807) is 30.3 Å². The Labute approximate surface area is 250 Å². The molecule has 0 fully saturated rings. The number of furan rings is 1. The van der Waals surface area contributed by atoms with Crippen LogP contribution < -0.4 is 10.0 Å². The third kappa shape index (κ3) is 5.02. The third-order valence-corrected chi connectivity index (χ3v) is 8.60. The molecule has 0 unspecified atom stereocenters. The van der Waals surface area contributed by atoms with Gasteiger partial charge >= 0.3 is 0 Å². The van der Waals surface area contributed by atoms with E-state index >= 15 is 0 Å². The van der Waals surface area contributed by atoms with Gasteiger partial charge in [-0.1, -0.05) is 18.2 Å². The van der Waals surface area contributed by atoms with E-state index in [1.807, 2.05) is 0 Å². The lowest BCUT2D eigenvalue weighted by Gasteiger charge is -2.21. The summed E-state index contributed by atoms with van der Waals surface area (Å²) in [5.41, 5.74) is 8.65. The van der Waals surface area contributed by atoms with Crippen molar-refractivity contribution in [2.45, 2.75) is 6.61 Å². The van der Waals surface area contributed by atoms with E-state index in [9.17, 15) is 27.1 Å². The smallest absolute Gasteiger partial charge is 0.232 e. The molecule has 6 aromatic rings. The number of nitrogens with zero attached hydrogens (tertiary/aromatic N) is 2. The van der Waals surface area contributed by atoms with Gasteiger partial charge in [-0.15, -0.1) is 0 Å². The number of aromatic nitrogens is 1. The second-order valence-corrected chi connectivity index (χ2v) is 12.2. The molecule has 0 aliphatic carbocycles. The second-order valence-electron chi connectivity index (χ2n) is 10.2. The number of rotatable bonds is 8. The summed E-state index contributed by atoms with van der Waals surface area (Å²) in [4.78, 5) is 17.5. The van der Waals surface area contributed by atoms with Crippen LogP contribution in [0.5, 0.6) is 0 Å². The number of benzene rings is 4. The van der Waals surface area contributed by atoms with Gasteiger partial charge in [0, 0.05) is 35.2 Å². The standard InChI is InChI=1S/C32H25F2N3O6S/c1-37(44(2,40)41)25-14-28-23(29(26(39)15-35)31(42-28)17-8-10-20(33)11-9-17)13-21(25)18-6-7-19(16-38)22(12-18)32-36-30-24(34)4-3-5-27(30)43-32/h3-14,38H,15-16,35H2,1-2H3. The molecule has 6 rings (SSSR count). The number of halogens is 2. The average molecular weight is 618 g/mol. The Kier molecular flexibility index (Phi) is 7.28. The number of anilines is 1. The summed E-state index contributed by atoms with van der Waals surface area (Å²) in [5, 5.41) is 10.5. The number of oxazole rings is 1. The van der Waals surface area contributed by atoms with Gasteiger partial charge in [-0.2, -0.15) is 0 Å². The van der Waals surface area contributed by atoms with Crippen LogP contribution in [0.25, 0.3) is 56.0 Å². The van der Waals surface area contributed by atoms with Gasteiger partial charge in [-0.25, -0.2) is 22.2 Å². The van der Waals surface area contributed by atoms with Crippen LogP contribution in [0.3, 0.4) is 0 Å². The van der Waals surface area contributed by atoms with E-state index in [-0.39, 0.29) is 52.7 Å². The van der Waals surface area contributed by atoms with Crippen LogP contribution >= 0.6 is 0 Å². The van der Waals surface area contributed by atoms with Crippen LogP contribution in [0.15, 0.2) is 81.6 Å². The molecule has 2 heterocycles. The lowest BCUT2D eigenvalue weighted by atomic mass is 9.95. The minimum atomic E-state index is -3.78. The number of hydrogen-bond acceptors (Lipinski definition) is 8. The molecule has 4 aromatic carbocycles. The number of ketones is 1. The fourth-order valence-corrected chi connectivity index (χ4v) is 5.61. The Morgan fingerprint density at radius 3 is 2.34 bits per heavy atom. The molecule has 0 saturated carbocycles. The van der Waals surface area contributed by atoms with Crippen molar-refractivity contribution < 1.29 is 35.9 Å². The average Bonchev–Trinajstić information content (AvgIpc) is 3.62. The maximum Gasteiger partial charge on any atom is 0.232 e. The summed E-state index contributed by atoms with van der Waals surface area (Å²) in [7, 11) is -2.41. The van der Waals surface area contributed by atoms with Crippen LogP contribution in [0, 0.1) is 11.6 Å². The summed E-state index contributed by atoms with van der Waals surface area (Å²) >= 11 is 0. The number of nitrogens with two attached hydrogens (primary N) is 1. The first-order chi connectivity index (χ1) is 21.0. The zero-order valence-corrected chi connectivity index (χ0v) is 24.3. The minimum absolute atomic E-state index is 0.0207. The quantitative estimate of drug-likeness (QED) is 0.202. The summed E-state index contributed by atoms with van der Waals surface area (Å²) < 4.78 is 66.6. The monoisotopic (exact) mass is 617 g/mol. The van der Waals surface area contributed by atoms with Gasteiger partial charge in [-0.05, 0) is 59.7 Å². The summed E-state index contributed by atoms with van der Waals surface area (Å²) in [6.07, 6.45) is 1.05. The van der Waals surface area contributed by atoms with E-state index < -0.39 is 27.4 Å². The van der Waals surface area contributed by atoms with Crippen molar-refractivity contribution >= 4 is 43.6 Å². The maximum atomic E-state index is 14.4. The molecule has 44 heavy (non-hydrogen) atoms. The highest BCUT2D eigenvalue weighted by molar-refractivity contribution is 7.92. The van der Waals surface area contributed by atoms with Crippen LogP contribution in [0.2, 0.25) is 0 Å². The summed E-state index contributed by atoms with van der Waals surface area (Å²) in [5.74, 6) is -1.28. The Morgan fingerprint density at radius 2 is 1.68 bits per heavy atom. The lowest BCUT2D eigenvalue weighted by molar-refractivity contribution is 0.100. The van der Waals surface area contributed by atoms with E-state index in [2.05, 4.69) is 4.98 Å². The number of aliphatic hydroxyl groups is 1. The summed E-state index contributed by atoms with van der Waals surface area (Å²) in [6.45, 7) is -0.726. The third-order valence-electron chi connectivity index (χ3n) is 7.41. The molecule has 0 bridgehead atoms. The predicted molar refractivity (Wildman–Crippen MR) is 163 cm³/mol. The number of sulfonamides is 1. The zero-order chi connectivity index (χ0) is 31.3. The Bertz CT molecular complexity index is 2190. The highest BCUT2D eigenvalue weighted by Crippen LogP contribution is 2.42. The molecule has 9 nitrogen and oxygen atoms in total. The zero-order valence-electron chi connectivity index (χ0n) is 23.5. The predicted octanol–water partition coefficient (Wildman–Crippen LogP) is 5.88. The van der Waals surface area contributed by atoms with Gasteiger partial charge in [0.1, 0.15) is 22.7 Å². The first-order valence-corrected chi connectivity index (χ1v) is 15.2. The highest BCUT2D eigenvalue weighted by atomic mass is 32.2. The van der Waals surface area contributed by atoms with Gasteiger partial charge in [0.05, 0.1) is 30.7 Å². The molecule has 2 aromatic heterocycles. The van der Waals surface area contributed by atoms with Crippen molar-refractivity contribution in [3.05, 3.63) is 95.6 Å². The fraction of sp³-hybridized carbons (Fsp3) is 0.125. The number of Topliss-reactive ketones (excluding diaryl/α,β-unsaturated/α-hetero) is 1. The molecule has 0 radical (unpaired) electrons. The Morgan fingerprint density at radius 1 is 0.955 bits per heavy atom. The van der Waals surface area contributed by atoms with Crippen LogP contribution in [0.1, 0.15) is 15.9 Å². The van der Waals surface area contributed by atoms with Crippen molar-refractivity contribution in [2.75, 3.05) is 24.2 Å². The highest BCUT2D eigenvalue weighted by Gasteiger charge is 2.26. The molecule has 0 amide bonds. The second kappa shape index (κ2) is 11.0. The summed E-state index contributed by atoms with van der Waals surface area (Å²) in [6, 6.07) is 17.8. The molecule has 0 saturated heterocycles. The van der Waals surface area contributed by atoms with E-state index in [4.69, 9.17) is 14.6 Å². The van der Waals surface area contributed by atoms with Crippen molar-refractivity contribution in [3.8, 4) is 33.9 Å². The molecule has 0 aliphatic heterocycles. The number of fused-ring (bicyclic) bond motifs is 2. The van der Waals surface area contributed by atoms with Gasteiger partial charge < -0.3 is 19.7 Å². The number of carbonyl (C=O) groups excluding carboxylic acids is 1. The fourth-order valence-electron chi connectivity index (χ4n) is 5.10. The maximum absolute atomic E-state index is 14.4. The van der Waals surface area contributed by atoms with Crippen LogP contribution in [0.4, 0.5) is 14.5 Å². The van der Waals surface area contributed by atoms with E-state index in [1.165, 1.54) is 49.5 Å². The number of hydrogen-bond donors (Lipinski definition) is 2. The first-order valence-electron chi connectivity index (χ1n) is 13.3. The van der Waals surface area contributed by atoms with Gasteiger partial charge in [0.15, 0.2) is 17.2 Å². The number of carbonyl (C=O) groups is 1. The van der Waals surface area contributed by atoms with Crippen molar-refractivity contribution in [2.24, 2.45) is 5.73 Å². The van der Waals surface area contributed by atoms with Crippen LogP contribution in [-0.2, 0) is 16.6 Å². The normalized spacial score (nSPS) is 11.9. The Balaban J connectivity index is 1.64. The first kappa shape index (κ1) is 29.2. The molecule has 3 N–H and O–H groups in total. The van der Waals surface area contributed by atoms with Gasteiger partial charge in [-0.3, -0.25) is 9.10 Å². The number of aliphatic hydroxyl groups excluding tert-OH is 1. The minimum Gasteiger partial charge on any atom is -0.455 e. The van der Waals surface area contributed by atoms with E-state index in [0.29, 0.717) is 33.2 Å². The molecule has 0 spiro atoms. The van der Waals surface area contributed by atoms with Gasteiger partial charge in [0.2, 0.25) is 15.9 Å². The molecule has 0 aliphatic rings. The van der Waals surface area contributed by atoms with E-state index in [0.717, 1.165) is 10.6 Å². The van der Waals surface area contributed by atoms with Crippen molar-refractivity contribution in [3.63, 3.8) is 0 Å². The molecule has 12 heteroatoms. The largest absolute Gasteiger partial charge is 0.455 e. The molecular weight excluding hydrogens is 592 g/mol. The van der Waals surface area contributed by atoms with Crippen molar-refractivity contribution in [1.82, 2.24) is 4.98 Å². The van der Waals surface area contributed by atoms with Crippen molar-refractivity contribution in [1.29, 1.82) is 0 Å². The van der Waals surface area contributed by atoms with Crippen LogP contribution in [-0.4, -0.2) is 44.1 Å².